The maximum Gasteiger partial charge on any atom is 0.416 e. The largest absolute Gasteiger partial charge is 0.416 e. The Morgan fingerprint density at radius 3 is 2.05 bits per heavy atom. The number of hydrogen-bond donors (Lipinski definition) is 0. The molecule has 0 atom stereocenters. The minimum Gasteiger partial charge on any atom is -0.342 e. The normalized spacial score (nSPS) is 21.5. The number of alkyl halides is 6. The Labute approximate surface area is 241 Å². The van der Waals surface area contributed by atoms with Gasteiger partial charge in [-0.25, -0.2) is 0 Å². The standard InChI is InChI=1S/C34H30F6O2/c1-2-5-23-10-12-24(13-11-23)25-14-16-26(17-15-25)27-21-41-32(42-22-27,30-8-4-9-31(20-30)34(38,39)40)28-6-3-7-29(19-18-28)33(35,36)37/h3-4,6-17,19-20,27H,2,5,18,21-22H2,1H3. The highest BCUT2D eigenvalue weighted by molar-refractivity contribution is 5.64. The van der Waals surface area contributed by atoms with E-state index in [1.165, 1.54) is 29.8 Å². The van der Waals surface area contributed by atoms with Gasteiger partial charge in [0.25, 0.3) is 0 Å². The Kier molecular flexibility index (Phi) is 8.49. The molecule has 1 aliphatic carbocycles. The van der Waals surface area contributed by atoms with Crippen LogP contribution in [0.4, 0.5) is 26.3 Å². The number of rotatable bonds is 6. The van der Waals surface area contributed by atoms with Crippen molar-refractivity contribution < 1.29 is 35.8 Å². The van der Waals surface area contributed by atoms with E-state index in [4.69, 9.17) is 9.47 Å². The summed E-state index contributed by atoms with van der Waals surface area (Å²) in [4.78, 5) is 0. The van der Waals surface area contributed by atoms with Crippen LogP contribution in [0.2, 0.25) is 0 Å². The molecular formula is C34H30F6O2. The molecule has 0 saturated carbocycles. The first-order valence-corrected chi connectivity index (χ1v) is 13.8. The summed E-state index contributed by atoms with van der Waals surface area (Å²) in [5, 5.41) is 0. The van der Waals surface area contributed by atoms with E-state index in [0.29, 0.717) is 0 Å². The predicted octanol–water partition coefficient (Wildman–Crippen LogP) is 9.68. The fraction of sp³-hybridized carbons (Fsp3) is 0.294. The van der Waals surface area contributed by atoms with Gasteiger partial charge in [-0.1, -0.05) is 98.3 Å². The van der Waals surface area contributed by atoms with E-state index < -0.39 is 29.3 Å². The first-order chi connectivity index (χ1) is 20.0. The van der Waals surface area contributed by atoms with Crippen molar-refractivity contribution in [3.05, 3.63) is 131 Å². The number of ether oxygens (including phenoxy) is 2. The summed E-state index contributed by atoms with van der Waals surface area (Å²) in [6, 6.07) is 20.9. The van der Waals surface area contributed by atoms with Crippen LogP contribution >= 0.6 is 0 Å². The van der Waals surface area contributed by atoms with Crippen LogP contribution in [0.15, 0.2) is 108 Å². The second kappa shape index (κ2) is 11.9. The molecule has 0 aromatic heterocycles. The first kappa shape index (κ1) is 29.9. The monoisotopic (exact) mass is 584 g/mol. The maximum absolute atomic E-state index is 13.6. The predicted molar refractivity (Wildman–Crippen MR) is 150 cm³/mol. The molecule has 1 fully saturated rings. The van der Waals surface area contributed by atoms with Gasteiger partial charge in [0.05, 0.1) is 24.4 Å². The van der Waals surface area contributed by atoms with E-state index in [1.807, 2.05) is 24.3 Å². The molecule has 0 radical (unpaired) electrons. The number of allylic oxidation sites excluding steroid dienone is 5. The fourth-order valence-corrected chi connectivity index (χ4v) is 5.33. The Hall–Kier alpha value is -3.62. The third kappa shape index (κ3) is 6.40. The zero-order valence-electron chi connectivity index (χ0n) is 22.9. The van der Waals surface area contributed by atoms with E-state index in [2.05, 4.69) is 31.2 Å². The molecule has 0 spiro atoms. The Balaban J connectivity index is 1.41. The lowest BCUT2D eigenvalue weighted by Gasteiger charge is -2.42. The highest BCUT2D eigenvalue weighted by atomic mass is 19.4. The van der Waals surface area contributed by atoms with Crippen LogP contribution in [-0.4, -0.2) is 19.4 Å². The minimum atomic E-state index is -4.62. The summed E-state index contributed by atoms with van der Waals surface area (Å²) in [6.07, 6.45) is -2.72. The second-order valence-corrected chi connectivity index (χ2v) is 10.5. The Morgan fingerprint density at radius 2 is 1.45 bits per heavy atom. The fourth-order valence-electron chi connectivity index (χ4n) is 5.33. The molecule has 220 valence electrons. The molecule has 0 bridgehead atoms. The summed E-state index contributed by atoms with van der Waals surface area (Å²) >= 11 is 0. The van der Waals surface area contributed by atoms with Gasteiger partial charge >= 0.3 is 12.4 Å². The lowest BCUT2D eigenvalue weighted by molar-refractivity contribution is -0.259. The summed E-state index contributed by atoms with van der Waals surface area (Å²) in [6.45, 7) is 2.33. The molecular weight excluding hydrogens is 554 g/mol. The summed E-state index contributed by atoms with van der Waals surface area (Å²) < 4.78 is 93.5. The minimum absolute atomic E-state index is 0.0705. The molecule has 0 amide bonds. The molecule has 1 aliphatic heterocycles. The van der Waals surface area contributed by atoms with E-state index in [9.17, 15) is 26.3 Å². The van der Waals surface area contributed by atoms with Gasteiger partial charge < -0.3 is 9.47 Å². The van der Waals surface area contributed by atoms with Crippen molar-refractivity contribution >= 4 is 0 Å². The third-order valence-electron chi connectivity index (χ3n) is 7.62. The molecule has 5 rings (SSSR count). The second-order valence-electron chi connectivity index (χ2n) is 10.5. The van der Waals surface area contributed by atoms with Crippen molar-refractivity contribution in [1.29, 1.82) is 0 Å². The van der Waals surface area contributed by atoms with Crippen molar-refractivity contribution in [3.63, 3.8) is 0 Å². The van der Waals surface area contributed by atoms with Crippen molar-refractivity contribution in [3.8, 4) is 11.1 Å². The molecule has 8 heteroatoms. The molecule has 1 heterocycles. The van der Waals surface area contributed by atoms with Crippen LogP contribution in [0.1, 0.15) is 47.9 Å². The topological polar surface area (TPSA) is 18.5 Å². The highest BCUT2D eigenvalue weighted by Crippen LogP contribution is 2.45. The van der Waals surface area contributed by atoms with Gasteiger partial charge in [0.1, 0.15) is 0 Å². The summed E-state index contributed by atoms with van der Waals surface area (Å²) in [5.41, 5.74) is 2.93. The summed E-state index contributed by atoms with van der Waals surface area (Å²) in [5.74, 6) is -2.01. The number of hydrogen-bond acceptors (Lipinski definition) is 2. The van der Waals surface area contributed by atoms with Gasteiger partial charge in [-0.2, -0.15) is 26.3 Å². The summed E-state index contributed by atoms with van der Waals surface area (Å²) in [7, 11) is 0. The first-order valence-electron chi connectivity index (χ1n) is 13.8. The molecule has 1 saturated heterocycles. The zero-order chi connectivity index (χ0) is 30.0. The van der Waals surface area contributed by atoms with Gasteiger partial charge in [-0.3, -0.25) is 0 Å². The van der Waals surface area contributed by atoms with Crippen molar-refractivity contribution in [2.75, 3.05) is 13.2 Å². The van der Waals surface area contributed by atoms with E-state index >= 15 is 0 Å². The van der Waals surface area contributed by atoms with Crippen LogP contribution in [0.5, 0.6) is 0 Å². The van der Waals surface area contributed by atoms with Gasteiger partial charge in [0, 0.05) is 11.5 Å². The molecule has 42 heavy (non-hydrogen) atoms. The van der Waals surface area contributed by atoms with Crippen LogP contribution < -0.4 is 0 Å². The SMILES string of the molecule is CCCc1ccc(-c2ccc(C3COC(C4=CC=CC(C(F)(F)F)=CC4)(c4cccc(C(F)(F)F)c4)OC3)cc2)cc1. The van der Waals surface area contributed by atoms with Crippen LogP contribution in [0.3, 0.4) is 0 Å². The quantitative estimate of drug-likeness (QED) is 0.269. The van der Waals surface area contributed by atoms with Crippen LogP contribution in [0.25, 0.3) is 11.1 Å². The van der Waals surface area contributed by atoms with Gasteiger partial charge in [-0.05, 0) is 52.8 Å². The molecule has 2 aliphatic rings. The number of halogens is 6. The molecule has 3 aromatic carbocycles. The molecule has 2 nitrogen and oxygen atoms in total. The molecule has 0 unspecified atom stereocenters. The zero-order valence-corrected chi connectivity index (χ0v) is 22.9. The number of aryl methyl sites for hydroxylation is 1. The average molecular weight is 585 g/mol. The average Bonchev–Trinajstić information content (AvgIpc) is 3.25. The van der Waals surface area contributed by atoms with Crippen LogP contribution in [0, 0.1) is 0 Å². The van der Waals surface area contributed by atoms with Gasteiger partial charge in [0.2, 0.25) is 5.79 Å². The van der Waals surface area contributed by atoms with Crippen molar-refractivity contribution in [2.45, 2.75) is 50.2 Å². The lowest BCUT2D eigenvalue weighted by Crippen LogP contribution is -2.43. The maximum atomic E-state index is 13.6. The van der Waals surface area contributed by atoms with Gasteiger partial charge in [-0.15, -0.1) is 0 Å². The lowest BCUT2D eigenvalue weighted by atomic mass is 9.90. The Bertz CT molecular complexity index is 1470. The molecule has 3 aromatic rings. The Morgan fingerprint density at radius 1 is 0.810 bits per heavy atom. The van der Waals surface area contributed by atoms with E-state index in [0.717, 1.165) is 53.8 Å². The number of benzene rings is 3. The van der Waals surface area contributed by atoms with Crippen molar-refractivity contribution in [2.24, 2.45) is 0 Å². The van der Waals surface area contributed by atoms with Crippen LogP contribution in [-0.2, 0) is 27.9 Å². The van der Waals surface area contributed by atoms with Gasteiger partial charge in [0.15, 0.2) is 0 Å². The smallest absolute Gasteiger partial charge is 0.342 e. The van der Waals surface area contributed by atoms with E-state index in [1.54, 1.807) is 0 Å². The third-order valence-corrected chi connectivity index (χ3v) is 7.62. The molecule has 0 N–H and O–H groups in total. The highest BCUT2D eigenvalue weighted by Gasteiger charge is 2.45. The van der Waals surface area contributed by atoms with E-state index in [-0.39, 0.29) is 36.7 Å². The van der Waals surface area contributed by atoms with Crippen molar-refractivity contribution in [1.82, 2.24) is 0 Å².